The number of carbonyl (C=O) groups is 1. The summed E-state index contributed by atoms with van der Waals surface area (Å²) in [5.74, 6) is 1.34. The molecule has 0 bridgehead atoms. The molecule has 0 unspecified atom stereocenters. The van der Waals surface area contributed by atoms with E-state index in [2.05, 4.69) is 31.4 Å². The van der Waals surface area contributed by atoms with Gasteiger partial charge in [0.1, 0.15) is 0 Å². The molecule has 0 aromatic carbocycles. The highest BCUT2D eigenvalue weighted by atomic mass is 16.2. The lowest BCUT2D eigenvalue weighted by atomic mass is 9.78. The van der Waals surface area contributed by atoms with Gasteiger partial charge in [0, 0.05) is 17.5 Å². The standard InChI is InChI=1S/C15H28N2O/c1-11-4-7-15(3,8-5-11)17-14(18)13-6-9-16-12(2)10-13/h11-13,16H,4-10H2,1-3H3,(H,17,18)/t11?,12-,13-,15?/m0/s1. The van der Waals surface area contributed by atoms with Crippen LogP contribution in [-0.2, 0) is 4.79 Å². The summed E-state index contributed by atoms with van der Waals surface area (Å²) < 4.78 is 0. The summed E-state index contributed by atoms with van der Waals surface area (Å²) in [4.78, 5) is 12.4. The minimum atomic E-state index is 0.0533. The summed E-state index contributed by atoms with van der Waals surface area (Å²) >= 11 is 0. The molecule has 3 nitrogen and oxygen atoms in total. The third-order valence-electron chi connectivity index (χ3n) is 4.80. The van der Waals surface area contributed by atoms with Gasteiger partial charge in [-0.15, -0.1) is 0 Å². The van der Waals surface area contributed by atoms with E-state index >= 15 is 0 Å². The van der Waals surface area contributed by atoms with Gasteiger partial charge in [-0.2, -0.15) is 0 Å². The summed E-state index contributed by atoms with van der Waals surface area (Å²) in [7, 11) is 0. The van der Waals surface area contributed by atoms with Crippen LogP contribution in [0.2, 0.25) is 0 Å². The van der Waals surface area contributed by atoms with Gasteiger partial charge in [0.15, 0.2) is 0 Å². The van der Waals surface area contributed by atoms with Crippen LogP contribution in [-0.4, -0.2) is 24.0 Å². The van der Waals surface area contributed by atoms with Gasteiger partial charge in [0.05, 0.1) is 0 Å². The number of piperidine rings is 1. The fourth-order valence-corrected chi connectivity index (χ4v) is 3.29. The van der Waals surface area contributed by atoms with Crippen molar-refractivity contribution in [1.29, 1.82) is 0 Å². The Balaban J connectivity index is 1.86. The molecule has 0 aromatic rings. The van der Waals surface area contributed by atoms with Gasteiger partial charge in [-0.05, 0) is 64.8 Å². The molecule has 0 spiro atoms. The lowest BCUT2D eigenvalue weighted by Gasteiger charge is -2.39. The normalized spacial score (nSPS) is 41.4. The van der Waals surface area contributed by atoms with Crippen LogP contribution in [0.5, 0.6) is 0 Å². The molecule has 2 atom stereocenters. The second-order valence-corrected chi connectivity index (χ2v) is 6.81. The second kappa shape index (κ2) is 5.60. The van der Waals surface area contributed by atoms with E-state index in [0.717, 1.165) is 38.1 Å². The van der Waals surface area contributed by atoms with Crippen LogP contribution in [0.3, 0.4) is 0 Å². The van der Waals surface area contributed by atoms with Crippen LogP contribution >= 0.6 is 0 Å². The van der Waals surface area contributed by atoms with Crippen molar-refractivity contribution in [2.45, 2.75) is 70.9 Å². The number of carbonyl (C=O) groups excluding carboxylic acids is 1. The van der Waals surface area contributed by atoms with Crippen LogP contribution in [0.15, 0.2) is 0 Å². The van der Waals surface area contributed by atoms with E-state index in [1.807, 2.05) is 0 Å². The van der Waals surface area contributed by atoms with Crippen molar-refractivity contribution in [3.63, 3.8) is 0 Å². The van der Waals surface area contributed by atoms with Gasteiger partial charge in [-0.25, -0.2) is 0 Å². The third-order valence-corrected chi connectivity index (χ3v) is 4.80. The smallest absolute Gasteiger partial charge is 0.223 e. The quantitative estimate of drug-likeness (QED) is 0.792. The Morgan fingerprint density at radius 2 is 1.89 bits per heavy atom. The zero-order valence-electron chi connectivity index (χ0n) is 12.1. The fourth-order valence-electron chi connectivity index (χ4n) is 3.29. The van der Waals surface area contributed by atoms with Crippen LogP contribution in [0.25, 0.3) is 0 Å². The molecule has 1 heterocycles. The van der Waals surface area contributed by atoms with Crippen LogP contribution in [0.4, 0.5) is 0 Å². The van der Waals surface area contributed by atoms with Crippen LogP contribution < -0.4 is 10.6 Å². The van der Waals surface area contributed by atoms with Crippen molar-refractivity contribution in [1.82, 2.24) is 10.6 Å². The molecule has 1 aliphatic heterocycles. The van der Waals surface area contributed by atoms with E-state index in [-0.39, 0.29) is 11.5 Å². The molecule has 1 aliphatic carbocycles. The highest BCUT2D eigenvalue weighted by Crippen LogP contribution is 2.32. The highest BCUT2D eigenvalue weighted by Gasteiger charge is 2.34. The summed E-state index contributed by atoms with van der Waals surface area (Å²) in [5.41, 5.74) is 0.0533. The fraction of sp³-hybridized carbons (Fsp3) is 0.933. The third kappa shape index (κ3) is 3.47. The minimum Gasteiger partial charge on any atom is -0.351 e. The number of hydrogen-bond donors (Lipinski definition) is 2. The Morgan fingerprint density at radius 1 is 1.22 bits per heavy atom. The van der Waals surface area contributed by atoms with E-state index < -0.39 is 0 Å². The predicted molar refractivity (Wildman–Crippen MR) is 74.4 cm³/mol. The summed E-state index contributed by atoms with van der Waals surface area (Å²) in [6.45, 7) is 7.69. The molecule has 2 fully saturated rings. The van der Waals surface area contributed by atoms with Gasteiger partial charge in [0.2, 0.25) is 5.91 Å². The average Bonchev–Trinajstić information content (AvgIpc) is 2.33. The van der Waals surface area contributed by atoms with Gasteiger partial charge >= 0.3 is 0 Å². The van der Waals surface area contributed by atoms with E-state index in [1.165, 1.54) is 12.8 Å². The molecule has 2 aliphatic rings. The van der Waals surface area contributed by atoms with Crippen molar-refractivity contribution >= 4 is 5.91 Å². The summed E-state index contributed by atoms with van der Waals surface area (Å²) in [6, 6.07) is 0.480. The summed E-state index contributed by atoms with van der Waals surface area (Å²) in [5, 5.41) is 6.75. The Hall–Kier alpha value is -0.570. The van der Waals surface area contributed by atoms with Gasteiger partial charge in [-0.1, -0.05) is 6.92 Å². The molecule has 2 N–H and O–H groups in total. The molecule has 1 amide bonds. The van der Waals surface area contributed by atoms with E-state index in [0.29, 0.717) is 11.9 Å². The van der Waals surface area contributed by atoms with Crippen LogP contribution in [0, 0.1) is 11.8 Å². The van der Waals surface area contributed by atoms with Crippen molar-refractivity contribution in [2.75, 3.05) is 6.54 Å². The first-order chi connectivity index (χ1) is 8.48. The van der Waals surface area contributed by atoms with Gasteiger partial charge in [-0.3, -0.25) is 4.79 Å². The molecular formula is C15H28N2O. The average molecular weight is 252 g/mol. The van der Waals surface area contributed by atoms with Gasteiger partial charge in [0.25, 0.3) is 0 Å². The van der Waals surface area contributed by atoms with Crippen molar-refractivity contribution in [2.24, 2.45) is 11.8 Å². The Kier molecular flexibility index (Phi) is 4.31. The maximum atomic E-state index is 12.4. The van der Waals surface area contributed by atoms with E-state index in [4.69, 9.17) is 0 Å². The zero-order chi connectivity index (χ0) is 13.2. The van der Waals surface area contributed by atoms with Crippen molar-refractivity contribution in [3.8, 4) is 0 Å². The largest absolute Gasteiger partial charge is 0.351 e. The van der Waals surface area contributed by atoms with Crippen molar-refractivity contribution < 1.29 is 4.79 Å². The van der Waals surface area contributed by atoms with E-state index in [1.54, 1.807) is 0 Å². The van der Waals surface area contributed by atoms with Gasteiger partial charge < -0.3 is 10.6 Å². The molecular weight excluding hydrogens is 224 g/mol. The monoisotopic (exact) mass is 252 g/mol. The number of hydrogen-bond acceptors (Lipinski definition) is 2. The first kappa shape index (κ1) is 13.9. The lowest BCUT2D eigenvalue weighted by Crippen LogP contribution is -2.52. The molecule has 18 heavy (non-hydrogen) atoms. The number of rotatable bonds is 2. The lowest BCUT2D eigenvalue weighted by molar-refractivity contribution is -0.128. The number of amides is 1. The Morgan fingerprint density at radius 3 is 2.50 bits per heavy atom. The van der Waals surface area contributed by atoms with Crippen molar-refractivity contribution in [3.05, 3.63) is 0 Å². The maximum Gasteiger partial charge on any atom is 0.223 e. The molecule has 0 radical (unpaired) electrons. The second-order valence-electron chi connectivity index (χ2n) is 6.81. The first-order valence-corrected chi connectivity index (χ1v) is 7.54. The van der Waals surface area contributed by atoms with E-state index in [9.17, 15) is 4.79 Å². The minimum absolute atomic E-state index is 0.0533. The molecule has 3 heteroatoms. The zero-order valence-corrected chi connectivity index (χ0v) is 12.1. The number of nitrogens with one attached hydrogen (secondary N) is 2. The van der Waals surface area contributed by atoms with Crippen LogP contribution in [0.1, 0.15) is 59.3 Å². The molecule has 104 valence electrons. The molecule has 1 saturated heterocycles. The SMILES string of the molecule is CC1CCC(C)(NC(=O)[C@H]2CCN[C@@H](C)C2)CC1. The predicted octanol–water partition coefficient (Wildman–Crippen LogP) is 2.46. The Bertz CT molecular complexity index is 295. The maximum absolute atomic E-state index is 12.4. The highest BCUT2D eigenvalue weighted by molar-refractivity contribution is 5.79. The Labute approximate surface area is 111 Å². The first-order valence-electron chi connectivity index (χ1n) is 7.54. The topological polar surface area (TPSA) is 41.1 Å². The molecule has 2 rings (SSSR count). The summed E-state index contributed by atoms with van der Waals surface area (Å²) in [6.07, 6.45) is 6.75. The molecule has 0 aromatic heterocycles. The molecule has 1 saturated carbocycles.